The lowest BCUT2D eigenvalue weighted by Gasteiger charge is -2.42. The van der Waals surface area contributed by atoms with Crippen molar-refractivity contribution in [3.63, 3.8) is 0 Å². The minimum absolute atomic E-state index is 0.321. The molecular formula is C13H28N2O. The van der Waals surface area contributed by atoms with Gasteiger partial charge in [0.2, 0.25) is 0 Å². The summed E-state index contributed by atoms with van der Waals surface area (Å²) in [6.45, 7) is 9.50. The van der Waals surface area contributed by atoms with Crippen molar-refractivity contribution in [1.29, 1.82) is 0 Å². The molecule has 3 unspecified atom stereocenters. The third kappa shape index (κ3) is 3.44. The van der Waals surface area contributed by atoms with Crippen molar-refractivity contribution in [1.82, 2.24) is 4.90 Å². The average Bonchev–Trinajstić information content (AvgIpc) is 2.31. The van der Waals surface area contributed by atoms with Crippen LogP contribution in [0.3, 0.4) is 0 Å². The van der Waals surface area contributed by atoms with Crippen LogP contribution in [0.2, 0.25) is 0 Å². The normalized spacial score (nSPS) is 26.6. The molecule has 1 rings (SSSR count). The summed E-state index contributed by atoms with van der Waals surface area (Å²) in [5.41, 5.74) is 6.30. The zero-order chi connectivity index (χ0) is 12.0. The molecule has 0 aliphatic carbocycles. The highest BCUT2D eigenvalue weighted by Crippen LogP contribution is 2.19. The van der Waals surface area contributed by atoms with Gasteiger partial charge in [0.05, 0.1) is 13.2 Å². The molecule has 0 aromatic rings. The van der Waals surface area contributed by atoms with Crippen molar-refractivity contribution >= 4 is 0 Å². The molecule has 3 atom stereocenters. The van der Waals surface area contributed by atoms with Crippen molar-refractivity contribution in [2.24, 2.45) is 5.73 Å². The van der Waals surface area contributed by atoms with E-state index in [-0.39, 0.29) is 0 Å². The number of morpholine rings is 1. The molecule has 1 heterocycles. The standard InChI is InChI=1S/C13H28N2O/c1-4-7-12(14)13(6-3)15-8-9-16-10-11(15)5-2/h11-13H,4-10,14H2,1-3H3. The van der Waals surface area contributed by atoms with Gasteiger partial charge in [0.15, 0.2) is 0 Å². The van der Waals surface area contributed by atoms with Gasteiger partial charge < -0.3 is 10.5 Å². The molecule has 0 spiro atoms. The van der Waals surface area contributed by atoms with Gasteiger partial charge in [-0.25, -0.2) is 0 Å². The molecule has 16 heavy (non-hydrogen) atoms. The second kappa shape index (κ2) is 7.25. The van der Waals surface area contributed by atoms with Crippen LogP contribution in [0, 0.1) is 0 Å². The fourth-order valence-corrected chi connectivity index (χ4v) is 2.77. The number of hydrogen-bond acceptors (Lipinski definition) is 3. The van der Waals surface area contributed by atoms with Gasteiger partial charge in [-0.2, -0.15) is 0 Å². The Balaban J connectivity index is 2.61. The molecule has 0 amide bonds. The first-order chi connectivity index (χ1) is 7.74. The predicted octanol–water partition coefficient (Wildman–Crippen LogP) is 2.00. The maximum Gasteiger partial charge on any atom is 0.0622 e. The molecule has 3 nitrogen and oxygen atoms in total. The van der Waals surface area contributed by atoms with E-state index in [4.69, 9.17) is 10.5 Å². The Morgan fingerprint density at radius 3 is 2.69 bits per heavy atom. The van der Waals surface area contributed by atoms with E-state index >= 15 is 0 Å². The monoisotopic (exact) mass is 228 g/mol. The van der Waals surface area contributed by atoms with Gasteiger partial charge in [-0.15, -0.1) is 0 Å². The van der Waals surface area contributed by atoms with Gasteiger partial charge in [-0.3, -0.25) is 4.90 Å². The number of hydrogen-bond donors (Lipinski definition) is 1. The van der Waals surface area contributed by atoms with Crippen LogP contribution in [0.25, 0.3) is 0 Å². The van der Waals surface area contributed by atoms with Crippen molar-refractivity contribution in [2.45, 2.75) is 64.6 Å². The molecule has 96 valence electrons. The van der Waals surface area contributed by atoms with E-state index in [1.807, 2.05) is 0 Å². The molecule has 1 aliphatic heterocycles. The van der Waals surface area contributed by atoms with Gasteiger partial charge in [0.25, 0.3) is 0 Å². The molecule has 2 N–H and O–H groups in total. The molecule has 3 heteroatoms. The van der Waals surface area contributed by atoms with Crippen LogP contribution in [0.15, 0.2) is 0 Å². The third-order valence-electron chi connectivity index (χ3n) is 3.70. The first-order valence-corrected chi connectivity index (χ1v) is 6.83. The Labute approximate surface area is 100 Å². The van der Waals surface area contributed by atoms with E-state index in [2.05, 4.69) is 25.7 Å². The third-order valence-corrected chi connectivity index (χ3v) is 3.70. The molecule has 1 aliphatic rings. The highest BCUT2D eigenvalue weighted by Gasteiger charge is 2.30. The summed E-state index contributed by atoms with van der Waals surface area (Å²) in [7, 11) is 0. The average molecular weight is 228 g/mol. The van der Waals surface area contributed by atoms with E-state index in [0.29, 0.717) is 18.1 Å². The number of nitrogens with two attached hydrogens (primary N) is 1. The Hall–Kier alpha value is -0.120. The molecule has 0 radical (unpaired) electrons. The van der Waals surface area contributed by atoms with E-state index in [0.717, 1.165) is 39.0 Å². The summed E-state index contributed by atoms with van der Waals surface area (Å²) in [5.74, 6) is 0. The second-order valence-corrected chi connectivity index (χ2v) is 4.80. The zero-order valence-corrected chi connectivity index (χ0v) is 11.1. The number of nitrogens with zero attached hydrogens (tertiary/aromatic N) is 1. The number of rotatable bonds is 6. The molecule has 1 saturated heterocycles. The van der Waals surface area contributed by atoms with Gasteiger partial charge >= 0.3 is 0 Å². The van der Waals surface area contributed by atoms with Crippen LogP contribution >= 0.6 is 0 Å². The van der Waals surface area contributed by atoms with Crippen molar-refractivity contribution in [3.8, 4) is 0 Å². The van der Waals surface area contributed by atoms with Crippen molar-refractivity contribution < 1.29 is 4.74 Å². The Kier molecular flexibility index (Phi) is 6.32. The summed E-state index contributed by atoms with van der Waals surface area (Å²) in [5, 5.41) is 0. The van der Waals surface area contributed by atoms with Crippen molar-refractivity contribution in [3.05, 3.63) is 0 Å². The highest BCUT2D eigenvalue weighted by molar-refractivity contribution is 4.86. The Morgan fingerprint density at radius 1 is 1.38 bits per heavy atom. The highest BCUT2D eigenvalue weighted by atomic mass is 16.5. The van der Waals surface area contributed by atoms with E-state index in [1.54, 1.807) is 0 Å². The Morgan fingerprint density at radius 2 is 2.12 bits per heavy atom. The van der Waals surface area contributed by atoms with E-state index in [9.17, 15) is 0 Å². The van der Waals surface area contributed by atoms with Crippen LogP contribution in [0.4, 0.5) is 0 Å². The van der Waals surface area contributed by atoms with E-state index < -0.39 is 0 Å². The minimum Gasteiger partial charge on any atom is -0.378 e. The quantitative estimate of drug-likeness (QED) is 0.756. The second-order valence-electron chi connectivity index (χ2n) is 4.80. The topological polar surface area (TPSA) is 38.5 Å². The fraction of sp³-hybridized carbons (Fsp3) is 1.00. The van der Waals surface area contributed by atoms with Crippen LogP contribution in [-0.2, 0) is 4.74 Å². The zero-order valence-electron chi connectivity index (χ0n) is 11.1. The van der Waals surface area contributed by atoms with Crippen LogP contribution in [0.1, 0.15) is 46.5 Å². The minimum atomic E-state index is 0.321. The molecular weight excluding hydrogens is 200 g/mol. The number of ether oxygens (including phenoxy) is 1. The molecule has 0 saturated carbocycles. The molecule has 1 fully saturated rings. The maximum absolute atomic E-state index is 6.30. The van der Waals surface area contributed by atoms with Crippen LogP contribution in [0.5, 0.6) is 0 Å². The maximum atomic E-state index is 6.30. The van der Waals surface area contributed by atoms with Crippen LogP contribution in [-0.4, -0.2) is 42.8 Å². The Bertz CT molecular complexity index is 187. The van der Waals surface area contributed by atoms with Gasteiger partial charge in [0.1, 0.15) is 0 Å². The summed E-state index contributed by atoms with van der Waals surface area (Å²) in [6, 6.07) is 1.43. The molecule has 0 aromatic carbocycles. The predicted molar refractivity (Wildman–Crippen MR) is 68.6 cm³/mol. The first kappa shape index (κ1) is 13.9. The lowest BCUT2D eigenvalue weighted by molar-refractivity contribution is -0.0363. The molecule has 0 aromatic heterocycles. The van der Waals surface area contributed by atoms with Crippen molar-refractivity contribution in [2.75, 3.05) is 19.8 Å². The lowest BCUT2D eigenvalue weighted by Crippen LogP contribution is -2.56. The van der Waals surface area contributed by atoms with Gasteiger partial charge in [0, 0.05) is 24.7 Å². The smallest absolute Gasteiger partial charge is 0.0622 e. The summed E-state index contributed by atoms with van der Waals surface area (Å²) in [4.78, 5) is 2.59. The van der Waals surface area contributed by atoms with E-state index in [1.165, 1.54) is 6.42 Å². The SMILES string of the molecule is CCCC(N)C(CC)N1CCOCC1CC. The summed E-state index contributed by atoms with van der Waals surface area (Å²) in [6.07, 6.45) is 4.62. The first-order valence-electron chi connectivity index (χ1n) is 6.83. The summed E-state index contributed by atoms with van der Waals surface area (Å²) >= 11 is 0. The largest absolute Gasteiger partial charge is 0.378 e. The van der Waals surface area contributed by atoms with Crippen LogP contribution < -0.4 is 5.73 Å². The molecule has 0 bridgehead atoms. The van der Waals surface area contributed by atoms with Gasteiger partial charge in [-0.05, 0) is 19.3 Å². The van der Waals surface area contributed by atoms with Gasteiger partial charge in [-0.1, -0.05) is 27.2 Å². The summed E-state index contributed by atoms with van der Waals surface area (Å²) < 4.78 is 5.56. The fourth-order valence-electron chi connectivity index (χ4n) is 2.77. The lowest BCUT2D eigenvalue weighted by atomic mass is 9.97.